The van der Waals surface area contributed by atoms with Crippen LogP contribution in [-0.2, 0) is 11.3 Å². The maximum absolute atomic E-state index is 13.5. The third-order valence-corrected chi connectivity index (χ3v) is 6.84. The van der Waals surface area contributed by atoms with E-state index in [-0.39, 0.29) is 5.92 Å². The molecule has 2 aromatic heterocycles. The number of anilines is 1. The third-order valence-electron chi connectivity index (χ3n) is 5.66. The first-order valence-electron chi connectivity index (χ1n) is 12.0. The largest absolute Gasteiger partial charge is 0.443 e. The van der Waals surface area contributed by atoms with Gasteiger partial charge in [-0.2, -0.15) is 0 Å². The summed E-state index contributed by atoms with van der Waals surface area (Å²) in [6, 6.07) is 9.93. The molecule has 3 heterocycles. The molecule has 0 bridgehead atoms. The number of ether oxygens (including phenoxy) is 1. The highest BCUT2D eigenvalue weighted by molar-refractivity contribution is 7.99. The average Bonchev–Trinajstić information content (AvgIpc) is 3.21. The van der Waals surface area contributed by atoms with Crippen LogP contribution in [0.4, 0.5) is 10.6 Å². The number of aromatic nitrogens is 3. The molecule has 1 amide bonds. The van der Waals surface area contributed by atoms with Crippen molar-refractivity contribution in [2.75, 3.05) is 18.0 Å². The van der Waals surface area contributed by atoms with Gasteiger partial charge in [0.05, 0.1) is 6.54 Å². The Kier molecular flexibility index (Phi) is 7.48. The molecule has 1 unspecified atom stereocenters. The molecule has 1 saturated heterocycles. The lowest BCUT2D eigenvalue weighted by Crippen LogP contribution is -2.37. The second-order valence-electron chi connectivity index (χ2n) is 10.1. The molecule has 34 heavy (non-hydrogen) atoms. The molecule has 1 aromatic carbocycles. The van der Waals surface area contributed by atoms with Gasteiger partial charge in [0.1, 0.15) is 10.6 Å². The molecule has 0 radical (unpaired) electrons. The lowest BCUT2D eigenvalue weighted by atomic mass is 10.1. The summed E-state index contributed by atoms with van der Waals surface area (Å²) in [4.78, 5) is 24.8. The number of nitrogens with zero attached hydrogens (tertiary/aromatic N) is 4. The number of carbonyl (C=O) groups excluding carboxylic acids is 1. The minimum absolute atomic E-state index is 0.281. The number of carbonyl (C=O) groups is 1. The third kappa shape index (κ3) is 5.91. The second kappa shape index (κ2) is 10.4. The first kappa shape index (κ1) is 24.5. The van der Waals surface area contributed by atoms with Crippen LogP contribution in [-0.4, -0.2) is 44.4 Å². The van der Waals surface area contributed by atoms with Crippen molar-refractivity contribution in [1.29, 1.82) is 0 Å². The van der Waals surface area contributed by atoms with E-state index in [1.54, 1.807) is 16.7 Å². The maximum atomic E-state index is 13.5. The van der Waals surface area contributed by atoms with Crippen molar-refractivity contribution in [2.45, 2.75) is 75.8 Å². The highest BCUT2D eigenvalue weighted by Crippen LogP contribution is 2.32. The number of thioether (sulfide) groups is 1. The highest BCUT2D eigenvalue weighted by Gasteiger charge is 2.28. The molecule has 1 N–H and O–H groups in total. The number of piperidine rings is 1. The van der Waals surface area contributed by atoms with Gasteiger partial charge in [-0.15, -0.1) is 11.8 Å². The minimum atomic E-state index is -0.624. The molecule has 0 aliphatic carbocycles. The topological polar surface area (TPSA) is 71.8 Å². The first-order valence-corrected chi connectivity index (χ1v) is 12.9. The summed E-state index contributed by atoms with van der Waals surface area (Å²) in [7, 11) is 0. The van der Waals surface area contributed by atoms with Gasteiger partial charge in [-0.25, -0.2) is 14.8 Å². The zero-order valence-corrected chi connectivity index (χ0v) is 21.6. The van der Waals surface area contributed by atoms with Gasteiger partial charge in [0.25, 0.3) is 0 Å². The summed E-state index contributed by atoms with van der Waals surface area (Å²) >= 11 is 1.76. The summed E-state index contributed by atoms with van der Waals surface area (Å²) in [6.45, 7) is 12.3. The van der Waals surface area contributed by atoms with E-state index in [2.05, 4.69) is 29.8 Å². The normalized spacial score (nSPS) is 16.7. The fourth-order valence-electron chi connectivity index (χ4n) is 4.03. The lowest BCUT2D eigenvalue weighted by Gasteiger charge is -2.28. The van der Waals surface area contributed by atoms with E-state index >= 15 is 0 Å². The molecular formula is C26H35N5O2S. The Balaban J connectivity index is 1.81. The van der Waals surface area contributed by atoms with Crippen LogP contribution in [0.15, 0.2) is 47.8 Å². The number of imidazole rings is 1. The zero-order valence-electron chi connectivity index (χ0n) is 20.7. The van der Waals surface area contributed by atoms with Gasteiger partial charge < -0.3 is 10.1 Å². The Morgan fingerprint density at radius 3 is 2.71 bits per heavy atom. The highest BCUT2D eigenvalue weighted by atomic mass is 32.2. The van der Waals surface area contributed by atoms with Crippen LogP contribution in [0.3, 0.4) is 0 Å². The maximum Gasteiger partial charge on any atom is 0.416 e. The Hall–Kier alpha value is -2.58. The van der Waals surface area contributed by atoms with Crippen molar-refractivity contribution < 1.29 is 9.53 Å². The van der Waals surface area contributed by atoms with Crippen molar-refractivity contribution in [3.05, 3.63) is 54.0 Å². The van der Waals surface area contributed by atoms with Crippen LogP contribution in [0.1, 0.15) is 64.6 Å². The smallest absolute Gasteiger partial charge is 0.416 e. The number of hydrogen-bond acceptors (Lipinski definition) is 6. The van der Waals surface area contributed by atoms with Crippen molar-refractivity contribution in [3.8, 4) is 0 Å². The number of rotatable bonds is 6. The van der Waals surface area contributed by atoms with E-state index < -0.39 is 11.7 Å². The van der Waals surface area contributed by atoms with Crippen LogP contribution in [0.25, 0.3) is 5.65 Å². The van der Waals surface area contributed by atoms with Crippen molar-refractivity contribution in [2.24, 2.45) is 0 Å². The minimum Gasteiger partial charge on any atom is -0.443 e. The van der Waals surface area contributed by atoms with E-state index in [9.17, 15) is 4.79 Å². The monoisotopic (exact) mass is 481 g/mol. The predicted octanol–water partition coefficient (Wildman–Crippen LogP) is 5.64. The predicted molar refractivity (Wildman–Crippen MR) is 138 cm³/mol. The molecule has 7 nitrogen and oxygen atoms in total. The standard InChI is InChI=1S/C26H35N5O2S/c1-18(2)21-15-28-23-24(29-22(17-30(21)23)34-20-12-9-13-27-14-20)31(25(32)33-26(3,4)5)16-19-10-7-6-8-11-19/h6-8,10-11,15,17-18,20,27H,9,12-14,16H2,1-5H3. The van der Waals surface area contributed by atoms with Crippen molar-refractivity contribution >= 4 is 29.3 Å². The molecular weight excluding hydrogens is 446 g/mol. The van der Waals surface area contributed by atoms with Crippen LogP contribution >= 0.6 is 11.8 Å². The SMILES string of the molecule is CC(C)c1cnc2c(N(Cc3ccccc3)C(=O)OC(C)(C)C)nc(SC3CCCNC3)cn12. The fourth-order valence-corrected chi connectivity index (χ4v) is 5.17. The van der Waals surface area contributed by atoms with E-state index in [0.29, 0.717) is 23.3 Å². The Morgan fingerprint density at radius 1 is 1.29 bits per heavy atom. The molecule has 8 heteroatoms. The average molecular weight is 482 g/mol. The van der Waals surface area contributed by atoms with E-state index in [4.69, 9.17) is 14.7 Å². The molecule has 0 saturated carbocycles. The van der Waals surface area contributed by atoms with Gasteiger partial charge in [-0.1, -0.05) is 44.2 Å². The van der Waals surface area contributed by atoms with E-state index in [1.165, 1.54) is 0 Å². The van der Waals surface area contributed by atoms with Crippen LogP contribution < -0.4 is 10.2 Å². The molecule has 0 spiro atoms. The Morgan fingerprint density at radius 2 is 2.06 bits per heavy atom. The number of hydrogen-bond donors (Lipinski definition) is 1. The van der Waals surface area contributed by atoms with Gasteiger partial charge in [-0.05, 0) is 51.6 Å². The summed E-state index contributed by atoms with van der Waals surface area (Å²) in [5.74, 6) is 0.808. The molecule has 182 valence electrons. The van der Waals surface area contributed by atoms with Gasteiger partial charge in [0, 0.05) is 29.9 Å². The van der Waals surface area contributed by atoms with Gasteiger partial charge in [0.2, 0.25) is 0 Å². The summed E-state index contributed by atoms with van der Waals surface area (Å²) in [5, 5.41) is 4.81. The van der Waals surface area contributed by atoms with Crippen LogP contribution in [0, 0.1) is 0 Å². The Bertz CT molecular complexity index is 1120. The second-order valence-corrected chi connectivity index (χ2v) is 11.4. The number of amides is 1. The summed E-state index contributed by atoms with van der Waals surface area (Å²) in [6.07, 6.45) is 5.83. The number of benzene rings is 1. The van der Waals surface area contributed by atoms with Crippen molar-refractivity contribution in [3.63, 3.8) is 0 Å². The number of fused-ring (bicyclic) bond motifs is 1. The number of nitrogens with one attached hydrogen (secondary N) is 1. The first-order chi connectivity index (χ1) is 16.2. The van der Waals surface area contributed by atoms with Crippen LogP contribution in [0.2, 0.25) is 0 Å². The molecule has 3 aromatic rings. The Labute approximate surface area is 206 Å². The summed E-state index contributed by atoms with van der Waals surface area (Å²) in [5.41, 5.74) is 2.13. The lowest BCUT2D eigenvalue weighted by molar-refractivity contribution is 0.0576. The molecule has 1 fully saturated rings. The molecule has 1 aliphatic rings. The molecule has 1 atom stereocenters. The fraction of sp³-hybridized carbons (Fsp3) is 0.500. The van der Waals surface area contributed by atoms with Gasteiger partial charge in [-0.3, -0.25) is 9.30 Å². The molecule has 4 rings (SSSR count). The van der Waals surface area contributed by atoms with Crippen LogP contribution in [0.5, 0.6) is 0 Å². The summed E-state index contributed by atoms with van der Waals surface area (Å²) < 4.78 is 7.90. The van der Waals surface area contributed by atoms with Crippen molar-refractivity contribution in [1.82, 2.24) is 19.7 Å². The van der Waals surface area contributed by atoms with E-state index in [1.807, 2.05) is 57.3 Å². The van der Waals surface area contributed by atoms with Gasteiger partial charge in [0.15, 0.2) is 11.5 Å². The zero-order chi connectivity index (χ0) is 24.3. The molecule has 1 aliphatic heterocycles. The quantitative estimate of drug-likeness (QED) is 0.491. The van der Waals surface area contributed by atoms with E-state index in [0.717, 1.165) is 42.2 Å². The van der Waals surface area contributed by atoms with Gasteiger partial charge >= 0.3 is 6.09 Å².